The van der Waals surface area contributed by atoms with Crippen molar-refractivity contribution >= 4 is 55.4 Å². The van der Waals surface area contributed by atoms with Crippen LogP contribution in [-0.4, -0.2) is 110 Å². The topological polar surface area (TPSA) is 361 Å². The standard InChI is InChI=1S/C28H48N5O16P/c29-15-5-3-1-2-4-6-16-48-50(46,47)49-28(45)20(10-14-24(40)41)33-27(44)19(9-13-23(38)39)32-26(43)18(8-12-22(36)37)31-25(42)17(30)7-11-21(34)35/h17-20H,1-16,29-30H2,(H,31,42)(H,32,43)(H,33,44)(H,34,35)(H,36,37)(H,38,39)(H,40,41)(H,46,47)/t17-,18-,19-,20-/m0/s1. The summed E-state index contributed by atoms with van der Waals surface area (Å²) < 4.78 is 21.7. The number of aliphatic carboxylic acids is 4. The lowest BCUT2D eigenvalue weighted by Gasteiger charge is -2.25. The van der Waals surface area contributed by atoms with Crippen molar-refractivity contribution in [2.24, 2.45) is 11.5 Å². The first-order chi connectivity index (χ1) is 23.4. The highest BCUT2D eigenvalue weighted by Crippen LogP contribution is 2.44. The van der Waals surface area contributed by atoms with E-state index in [1.165, 1.54) is 0 Å². The molecule has 1 unspecified atom stereocenters. The molecule has 3 amide bonds. The van der Waals surface area contributed by atoms with Gasteiger partial charge in [-0.05, 0) is 45.1 Å². The molecule has 0 fully saturated rings. The van der Waals surface area contributed by atoms with Crippen LogP contribution in [0.3, 0.4) is 0 Å². The van der Waals surface area contributed by atoms with Gasteiger partial charge in [0.1, 0.15) is 18.1 Å². The van der Waals surface area contributed by atoms with Crippen molar-refractivity contribution in [2.45, 2.75) is 114 Å². The Morgan fingerprint density at radius 2 is 0.960 bits per heavy atom. The fourth-order valence-corrected chi connectivity index (χ4v) is 4.93. The molecular weight excluding hydrogens is 693 g/mol. The van der Waals surface area contributed by atoms with Crippen molar-refractivity contribution in [2.75, 3.05) is 13.2 Å². The highest BCUT2D eigenvalue weighted by atomic mass is 31.2. The van der Waals surface area contributed by atoms with Crippen LogP contribution in [0.15, 0.2) is 0 Å². The molecule has 12 N–H and O–H groups in total. The smallest absolute Gasteiger partial charge is 0.481 e. The Labute approximate surface area is 287 Å². The lowest BCUT2D eigenvalue weighted by atomic mass is 10.1. The molecule has 22 heteroatoms. The maximum absolute atomic E-state index is 13.2. The van der Waals surface area contributed by atoms with E-state index in [1.54, 1.807) is 0 Å². The van der Waals surface area contributed by atoms with Crippen LogP contribution in [0.1, 0.15) is 89.9 Å². The van der Waals surface area contributed by atoms with Crippen molar-refractivity contribution in [1.82, 2.24) is 16.0 Å². The molecule has 0 saturated heterocycles. The molecular formula is C28H48N5O16P. The first-order valence-corrected chi connectivity index (χ1v) is 17.3. The third kappa shape index (κ3) is 22.5. The van der Waals surface area contributed by atoms with Gasteiger partial charge in [0.15, 0.2) is 0 Å². The summed E-state index contributed by atoms with van der Waals surface area (Å²) in [4.78, 5) is 106. The minimum atomic E-state index is -5.04. The second-order valence-electron chi connectivity index (χ2n) is 11.1. The molecule has 0 radical (unpaired) electrons. The largest absolute Gasteiger partial charge is 0.529 e. The maximum Gasteiger partial charge on any atom is 0.529 e. The zero-order chi connectivity index (χ0) is 38.3. The molecule has 0 aliphatic heterocycles. The molecule has 0 saturated carbocycles. The molecule has 5 atom stereocenters. The molecule has 0 aromatic rings. The third-order valence-electron chi connectivity index (χ3n) is 6.87. The van der Waals surface area contributed by atoms with Crippen LogP contribution in [0.25, 0.3) is 0 Å². The highest BCUT2D eigenvalue weighted by molar-refractivity contribution is 7.48. The van der Waals surface area contributed by atoms with Gasteiger partial charge in [-0.2, -0.15) is 0 Å². The van der Waals surface area contributed by atoms with E-state index in [0.717, 1.165) is 25.7 Å². The summed E-state index contributed by atoms with van der Waals surface area (Å²) in [5, 5.41) is 42.5. The van der Waals surface area contributed by atoms with Crippen molar-refractivity contribution < 1.29 is 77.3 Å². The summed E-state index contributed by atoms with van der Waals surface area (Å²) in [5.74, 6) is -10.6. The number of phosphoric ester groups is 1. The number of carbonyl (C=O) groups excluding carboxylic acids is 4. The normalized spacial score (nSPS) is 14.5. The number of unbranched alkanes of at least 4 members (excludes halogenated alkanes) is 5. The molecule has 21 nitrogen and oxygen atoms in total. The van der Waals surface area contributed by atoms with E-state index in [4.69, 9.17) is 36.4 Å². The Morgan fingerprint density at radius 1 is 0.580 bits per heavy atom. The van der Waals surface area contributed by atoms with Crippen molar-refractivity contribution in [3.05, 3.63) is 0 Å². The lowest BCUT2D eigenvalue weighted by Crippen LogP contribution is -2.57. The van der Waals surface area contributed by atoms with Crippen LogP contribution in [0.2, 0.25) is 0 Å². The molecule has 0 rings (SSSR count). The van der Waals surface area contributed by atoms with Gasteiger partial charge in [-0.3, -0.25) is 43.0 Å². The van der Waals surface area contributed by atoms with Gasteiger partial charge in [0.05, 0.1) is 12.6 Å². The number of rotatable bonds is 29. The number of hydrogen-bond donors (Lipinski definition) is 10. The number of carboxylic acid groups (broad SMARTS) is 4. The van der Waals surface area contributed by atoms with Gasteiger partial charge in [-0.15, -0.1) is 0 Å². The Balaban J connectivity index is 5.80. The summed E-state index contributed by atoms with van der Waals surface area (Å²) in [5.41, 5.74) is 11.1. The van der Waals surface area contributed by atoms with Crippen molar-refractivity contribution in [3.8, 4) is 0 Å². The number of hydrogen-bond acceptors (Lipinski definition) is 13. The molecule has 286 valence electrons. The van der Waals surface area contributed by atoms with E-state index in [1.807, 2.05) is 0 Å². The fraction of sp³-hybridized carbons (Fsp3) is 0.714. The zero-order valence-corrected chi connectivity index (χ0v) is 28.3. The lowest BCUT2D eigenvalue weighted by molar-refractivity contribution is -0.143. The summed E-state index contributed by atoms with van der Waals surface area (Å²) in [7, 11) is -5.04. The number of nitrogens with one attached hydrogen (secondary N) is 3. The van der Waals surface area contributed by atoms with E-state index < -0.39 is 125 Å². The highest BCUT2D eigenvalue weighted by Gasteiger charge is 2.35. The average Bonchev–Trinajstić information content (AvgIpc) is 3.02. The van der Waals surface area contributed by atoms with E-state index in [-0.39, 0.29) is 13.0 Å². The van der Waals surface area contributed by atoms with Gasteiger partial charge in [-0.1, -0.05) is 25.7 Å². The van der Waals surface area contributed by atoms with Crippen LogP contribution >= 0.6 is 7.82 Å². The van der Waals surface area contributed by atoms with Gasteiger partial charge in [0.2, 0.25) is 17.7 Å². The second kappa shape index (κ2) is 24.9. The van der Waals surface area contributed by atoms with Gasteiger partial charge in [-0.25, -0.2) is 9.36 Å². The third-order valence-corrected chi connectivity index (χ3v) is 7.79. The Morgan fingerprint density at radius 3 is 1.42 bits per heavy atom. The molecule has 50 heavy (non-hydrogen) atoms. The summed E-state index contributed by atoms with van der Waals surface area (Å²) in [6, 6.07) is -6.77. The zero-order valence-electron chi connectivity index (χ0n) is 27.5. The Hall–Kier alpha value is -4.17. The summed E-state index contributed by atoms with van der Waals surface area (Å²) in [6.45, 7) is 0.300. The van der Waals surface area contributed by atoms with Gasteiger partial charge in [0, 0.05) is 25.7 Å². The predicted molar refractivity (Wildman–Crippen MR) is 170 cm³/mol. The fourth-order valence-electron chi connectivity index (χ4n) is 4.16. The molecule has 0 aromatic carbocycles. The molecule has 0 bridgehead atoms. The number of carboxylic acids is 4. The minimum absolute atomic E-state index is 0.266. The van der Waals surface area contributed by atoms with Gasteiger partial charge in [0.25, 0.3) is 0 Å². The molecule has 0 aliphatic carbocycles. The average molecular weight is 742 g/mol. The Bertz CT molecular complexity index is 1220. The quantitative estimate of drug-likeness (QED) is 0.0331. The molecule has 0 aliphatic rings. The van der Waals surface area contributed by atoms with E-state index in [9.17, 15) is 47.8 Å². The Kier molecular flexibility index (Phi) is 22.8. The molecule has 0 heterocycles. The van der Waals surface area contributed by atoms with E-state index >= 15 is 0 Å². The van der Waals surface area contributed by atoms with Gasteiger partial charge >= 0.3 is 37.7 Å². The number of nitrogens with two attached hydrogens (primary N) is 2. The summed E-state index contributed by atoms with van der Waals surface area (Å²) in [6.07, 6.45) is -0.383. The van der Waals surface area contributed by atoms with E-state index in [2.05, 4.69) is 20.5 Å². The summed E-state index contributed by atoms with van der Waals surface area (Å²) >= 11 is 0. The maximum atomic E-state index is 13.2. The number of carbonyl (C=O) groups is 8. The van der Waals surface area contributed by atoms with Crippen LogP contribution in [0, 0.1) is 0 Å². The van der Waals surface area contributed by atoms with E-state index in [0.29, 0.717) is 19.4 Å². The predicted octanol–water partition coefficient (Wildman–Crippen LogP) is -0.813. The van der Waals surface area contributed by atoms with Crippen LogP contribution in [0.4, 0.5) is 0 Å². The molecule has 0 aromatic heterocycles. The van der Waals surface area contributed by atoms with Crippen molar-refractivity contribution in [1.29, 1.82) is 0 Å². The molecule has 0 spiro atoms. The first-order valence-electron chi connectivity index (χ1n) is 15.8. The monoisotopic (exact) mass is 741 g/mol. The number of amides is 3. The van der Waals surface area contributed by atoms with Gasteiger partial charge < -0.3 is 52.4 Å². The minimum Gasteiger partial charge on any atom is -0.481 e. The van der Waals surface area contributed by atoms with Crippen LogP contribution in [-0.2, 0) is 52.0 Å². The number of phosphoric acid groups is 1. The van der Waals surface area contributed by atoms with Crippen molar-refractivity contribution in [3.63, 3.8) is 0 Å². The first kappa shape index (κ1) is 45.8. The van der Waals surface area contributed by atoms with Crippen LogP contribution in [0.5, 0.6) is 0 Å². The SMILES string of the molecule is NCCCCCCCCOP(=O)(O)OC(=O)[C@H](CCC(=O)O)NC(=O)[C@H](CCC(=O)O)NC(=O)[C@H](CCC(=O)O)NC(=O)[C@@H](N)CCC(=O)O. The second-order valence-corrected chi connectivity index (χ2v) is 12.5. The van der Waals surface area contributed by atoms with Crippen LogP contribution < -0.4 is 27.4 Å².